The van der Waals surface area contributed by atoms with Gasteiger partial charge in [-0.15, -0.1) is 0 Å². The summed E-state index contributed by atoms with van der Waals surface area (Å²) in [6.45, 7) is 0. The van der Waals surface area contributed by atoms with E-state index in [4.69, 9.17) is 21.9 Å². The van der Waals surface area contributed by atoms with E-state index in [0.29, 0.717) is 5.11 Å². The van der Waals surface area contributed by atoms with Gasteiger partial charge in [-0.25, -0.2) is 9.97 Å². The van der Waals surface area contributed by atoms with E-state index >= 15 is 0 Å². The van der Waals surface area contributed by atoms with E-state index in [-0.39, 0.29) is 0 Å². The molecule has 1 N–H and O–H groups in total. The fraction of sp³-hybridized carbons (Fsp3) is 0.0952. The summed E-state index contributed by atoms with van der Waals surface area (Å²) in [5, 5.41) is 3.86. The Morgan fingerprint density at radius 3 is 2.19 bits per heavy atom. The molecule has 4 aromatic rings. The maximum absolute atomic E-state index is 5.55. The highest BCUT2D eigenvalue weighted by Gasteiger charge is 2.09. The highest BCUT2D eigenvalue weighted by atomic mass is 32.1. The summed E-state index contributed by atoms with van der Waals surface area (Å²) >= 11 is 5.55. The molecule has 0 aliphatic rings. The van der Waals surface area contributed by atoms with Gasteiger partial charge in [0.15, 0.2) is 5.11 Å². The number of thiocarbonyl (C=S) groups is 1. The Morgan fingerprint density at radius 1 is 0.889 bits per heavy atom. The molecule has 0 bridgehead atoms. The summed E-state index contributed by atoms with van der Waals surface area (Å²) in [6, 6.07) is 21.5. The average molecular weight is 374 g/mol. The topological polar surface area (TPSA) is 50.3 Å². The van der Waals surface area contributed by atoms with Crippen LogP contribution in [0, 0.1) is 0 Å². The lowest BCUT2D eigenvalue weighted by Gasteiger charge is -2.21. The first-order chi connectivity index (χ1) is 13.1. The normalized spacial score (nSPS) is 10.7. The number of hydrogen-bond acceptors (Lipinski definition) is 4. The zero-order valence-electron chi connectivity index (χ0n) is 15.0. The predicted octanol–water partition coefficient (Wildman–Crippen LogP) is 4.62. The molecule has 1 heterocycles. The van der Waals surface area contributed by atoms with Crippen molar-refractivity contribution in [1.82, 2.24) is 9.97 Å². The average Bonchev–Trinajstić information content (AvgIpc) is 2.71. The van der Waals surface area contributed by atoms with E-state index in [1.165, 1.54) is 0 Å². The smallest absolute Gasteiger partial charge is 0.177 e. The van der Waals surface area contributed by atoms with Gasteiger partial charge in [0.2, 0.25) is 0 Å². The fourth-order valence-corrected chi connectivity index (χ4v) is 3.05. The van der Waals surface area contributed by atoms with Gasteiger partial charge in [0, 0.05) is 18.4 Å². The molecular formula is C21H18N4OS. The van der Waals surface area contributed by atoms with Gasteiger partial charge in [-0.1, -0.05) is 12.1 Å². The highest BCUT2D eigenvalue weighted by Crippen LogP contribution is 2.22. The standard InChI is InChI=1S/C21H18N4OS/c1-25(15-8-10-16(26-2)11-9-15)21(27)22-14-7-12-19-20(13-14)24-18-6-4-3-5-17(18)23-19/h3-13H,1-2H3,(H,22,27). The molecule has 1 aromatic heterocycles. The molecule has 0 radical (unpaired) electrons. The van der Waals surface area contributed by atoms with Crippen LogP contribution in [0.25, 0.3) is 22.1 Å². The van der Waals surface area contributed by atoms with Crippen LogP contribution in [0.1, 0.15) is 0 Å². The van der Waals surface area contributed by atoms with Crippen molar-refractivity contribution in [3.05, 3.63) is 66.7 Å². The summed E-state index contributed by atoms with van der Waals surface area (Å²) in [4.78, 5) is 11.3. The number of benzene rings is 3. The van der Waals surface area contributed by atoms with Crippen molar-refractivity contribution < 1.29 is 4.74 Å². The lowest BCUT2D eigenvalue weighted by molar-refractivity contribution is 0.415. The number of fused-ring (bicyclic) bond motifs is 2. The number of nitrogens with one attached hydrogen (secondary N) is 1. The summed E-state index contributed by atoms with van der Waals surface area (Å²) in [6.07, 6.45) is 0. The van der Waals surface area contributed by atoms with Gasteiger partial charge >= 0.3 is 0 Å². The Morgan fingerprint density at radius 2 is 1.52 bits per heavy atom. The van der Waals surface area contributed by atoms with E-state index in [0.717, 1.165) is 39.2 Å². The fourth-order valence-electron chi connectivity index (χ4n) is 2.83. The molecule has 0 saturated heterocycles. The zero-order chi connectivity index (χ0) is 18.8. The van der Waals surface area contributed by atoms with Gasteiger partial charge in [0.1, 0.15) is 5.75 Å². The maximum atomic E-state index is 5.55. The van der Waals surface area contributed by atoms with Crippen molar-refractivity contribution in [2.75, 3.05) is 24.4 Å². The molecule has 6 heteroatoms. The molecule has 4 rings (SSSR count). The third kappa shape index (κ3) is 3.52. The summed E-state index contributed by atoms with van der Waals surface area (Å²) in [5.41, 5.74) is 5.29. The number of hydrogen-bond donors (Lipinski definition) is 1. The van der Waals surface area contributed by atoms with Crippen LogP contribution in [0.2, 0.25) is 0 Å². The molecule has 0 amide bonds. The van der Waals surface area contributed by atoms with Crippen LogP contribution in [0.3, 0.4) is 0 Å². The minimum atomic E-state index is 0.591. The second-order valence-electron chi connectivity index (χ2n) is 6.10. The van der Waals surface area contributed by atoms with Crippen molar-refractivity contribution in [2.24, 2.45) is 0 Å². The molecule has 0 aliphatic heterocycles. The van der Waals surface area contributed by atoms with Crippen LogP contribution in [-0.4, -0.2) is 29.2 Å². The molecular weight excluding hydrogens is 356 g/mol. The molecule has 0 aliphatic carbocycles. The second kappa shape index (κ2) is 7.17. The van der Waals surface area contributed by atoms with Gasteiger partial charge in [-0.2, -0.15) is 0 Å². The third-order valence-electron chi connectivity index (χ3n) is 4.35. The Labute approximate surface area is 162 Å². The van der Waals surface area contributed by atoms with Gasteiger partial charge in [-0.05, 0) is 66.8 Å². The van der Waals surface area contributed by atoms with E-state index in [1.807, 2.05) is 78.7 Å². The Kier molecular flexibility index (Phi) is 4.56. The van der Waals surface area contributed by atoms with Crippen molar-refractivity contribution in [3.8, 4) is 5.75 Å². The minimum absolute atomic E-state index is 0.591. The molecule has 3 aromatic carbocycles. The largest absolute Gasteiger partial charge is 0.497 e. The highest BCUT2D eigenvalue weighted by molar-refractivity contribution is 7.80. The van der Waals surface area contributed by atoms with Gasteiger partial charge in [-0.3, -0.25) is 0 Å². The minimum Gasteiger partial charge on any atom is -0.497 e. The first-order valence-corrected chi connectivity index (χ1v) is 8.90. The number of rotatable bonds is 3. The molecule has 27 heavy (non-hydrogen) atoms. The quantitative estimate of drug-likeness (QED) is 0.417. The Bertz CT molecular complexity index is 1130. The monoisotopic (exact) mass is 374 g/mol. The second-order valence-corrected chi connectivity index (χ2v) is 6.49. The van der Waals surface area contributed by atoms with Gasteiger partial charge in [0.25, 0.3) is 0 Å². The van der Waals surface area contributed by atoms with Crippen LogP contribution in [0.4, 0.5) is 11.4 Å². The maximum Gasteiger partial charge on any atom is 0.177 e. The Hall–Kier alpha value is -3.25. The molecule has 0 atom stereocenters. The van der Waals surface area contributed by atoms with Crippen molar-refractivity contribution >= 4 is 50.8 Å². The number of anilines is 2. The summed E-state index contributed by atoms with van der Waals surface area (Å²) in [5.74, 6) is 0.811. The first-order valence-electron chi connectivity index (χ1n) is 8.49. The first kappa shape index (κ1) is 17.2. The molecule has 134 valence electrons. The Balaban J connectivity index is 1.58. The van der Waals surface area contributed by atoms with Crippen LogP contribution in [0.15, 0.2) is 66.7 Å². The van der Waals surface area contributed by atoms with E-state index in [9.17, 15) is 0 Å². The third-order valence-corrected chi connectivity index (χ3v) is 4.73. The van der Waals surface area contributed by atoms with E-state index in [1.54, 1.807) is 7.11 Å². The predicted molar refractivity (Wildman–Crippen MR) is 115 cm³/mol. The SMILES string of the molecule is COc1ccc(N(C)C(=S)Nc2ccc3nc4ccccc4nc3c2)cc1. The molecule has 0 saturated carbocycles. The lowest BCUT2D eigenvalue weighted by atomic mass is 10.2. The molecule has 0 unspecified atom stereocenters. The number of para-hydroxylation sites is 2. The van der Waals surface area contributed by atoms with Crippen LogP contribution < -0.4 is 15.0 Å². The summed E-state index contributed by atoms with van der Waals surface area (Å²) in [7, 11) is 3.57. The van der Waals surface area contributed by atoms with E-state index in [2.05, 4.69) is 10.3 Å². The number of nitrogens with zero attached hydrogens (tertiary/aromatic N) is 3. The van der Waals surface area contributed by atoms with Gasteiger partial charge in [0.05, 0.1) is 29.2 Å². The van der Waals surface area contributed by atoms with E-state index < -0.39 is 0 Å². The van der Waals surface area contributed by atoms with Crippen molar-refractivity contribution in [2.45, 2.75) is 0 Å². The van der Waals surface area contributed by atoms with Crippen LogP contribution in [-0.2, 0) is 0 Å². The number of aromatic nitrogens is 2. The van der Waals surface area contributed by atoms with Crippen molar-refractivity contribution in [3.63, 3.8) is 0 Å². The summed E-state index contributed by atoms with van der Waals surface area (Å²) < 4.78 is 5.20. The number of methoxy groups -OCH3 is 1. The van der Waals surface area contributed by atoms with Crippen LogP contribution in [0.5, 0.6) is 5.75 Å². The van der Waals surface area contributed by atoms with Crippen LogP contribution >= 0.6 is 12.2 Å². The zero-order valence-corrected chi connectivity index (χ0v) is 15.8. The lowest BCUT2D eigenvalue weighted by Crippen LogP contribution is -2.30. The number of ether oxygens (including phenoxy) is 1. The van der Waals surface area contributed by atoms with Gasteiger partial charge < -0.3 is 15.0 Å². The molecule has 0 fully saturated rings. The molecule has 5 nitrogen and oxygen atoms in total. The molecule has 0 spiro atoms. The van der Waals surface area contributed by atoms with Crippen molar-refractivity contribution in [1.29, 1.82) is 0 Å².